The number of likely N-dealkylation sites (tertiary alicyclic amines) is 1. The van der Waals surface area contributed by atoms with Gasteiger partial charge in [-0.15, -0.1) is 0 Å². The first-order chi connectivity index (χ1) is 11.8. The normalized spacial score (nSPS) is 18.0. The Labute approximate surface area is 146 Å². The maximum Gasteiger partial charge on any atom is 0.169 e. The standard InChI is InChI=1S/C18H20N4OS/c24-18(19-11-14-6-4-10-23-14)22-9-3-5-13(12-22)17-20-15-7-1-2-8-16(15)21-17/h1-2,4,6-8,10,13H,3,5,9,11-12H2,(H,19,24)(H,20,21)/t13-/m0/s1. The zero-order valence-corrected chi connectivity index (χ0v) is 14.2. The van der Waals surface area contributed by atoms with E-state index >= 15 is 0 Å². The van der Waals surface area contributed by atoms with Crippen LogP contribution in [0.25, 0.3) is 11.0 Å². The molecule has 1 aliphatic heterocycles. The minimum atomic E-state index is 0.384. The van der Waals surface area contributed by atoms with Crippen LogP contribution >= 0.6 is 12.2 Å². The summed E-state index contributed by atoms with van der Waals surface area (Å²) in [5.41, 5.74) is 2.13. The summed E-state index contributed by atoms with van der Waals surface area (Å²) >= 11 is 5.56. The predicted molar refractivity (Wildman–Crippen MR) is 97.8 cm³/mol. The summed E-state index contributed by atoms with van der Waals surface area (Å²) in [6.07, 6.45) is 3.93. The SMILES string of the molecule is S=C(NCc1ccco1)N1CCC[C@H](c2nc3ccccc3[nH]2)C1. The number of rotatable bonds is 3. The number of aromatic amines is 1. The van der Waals surface area contributed by atoms with Gasteiger partial charge < -0.3 is 19.6 Å². The number of aromatic nitrogens is 2. The molecular formula is C18H20N4OS. The van der Waals surface area contributed by atoms with Crippen molar-refractivity contribution in [1.29, 1.82) is 0 Å². The van der Waals surface area contributed by atoms with Gasteiger partial charge in [-0.1, -0.05) is 12.1 Å². The highest BCUT2D eigenvalue weighted by Crippen LogP contribution is 2.26. The number of thiocarbonyl (C=S) groups is 1. The summed E-state index contributed by atoms with van der Waals surface area (Å²) in [6, 6.07) is 12.0. The van der Waals surface area contributed by atoms with E-state index in [2.05, 4.69) is 21.3 Å². The Balaban J connectivity index is 1.42. The molecule has 3 aromatic rings. The molecule has 0 spiro atoms. The Kier molecular flexibility index (Phi) is 4.21. The van der Waals surface area contributed by atoms with E-state index in [-0.39, 0.29) is 0 Å². The van der Waals surface area contributed by atoms with Gasteiger partial charge in [0, 0.05) is 19.0 Å². The molecule has 0 unspecified atom stereocenters. The minimum absolute atomic E-state index is 0.384. The molecule has 0 amide bonds. The summed E-state index contributed by atoms with van der Waals surface area (Å²) in [5.74, 6) is 2.34. The molecule has 0 saturated carbocycles. The molecule has 0 radical (unpaired) electrons. The van der Waals surface area contributed by atoms with Crippen molar-refractivity contribution in [2.45, 2.75) is 25.3 Å². The van der Waals surface area contributed by atoms with Crippen LogP contribution in [0, 0.1) is 0 Å². The number of hydrogen-bond donors (Lipinski definition) is 2. The molecule has 0 aliphatic carbocycles. The second-order valence-electron chi connectivity index (χ2n) is 6.16. The molecule has 2 N–H and O–H groups in total. The Morgan fingerprint density at radius 2 is 2.25 bits per heavy atom. The topological polar surface area (TPSA) is 57.1 Å². The van der Waals surface area contributed by atoms with Crippen molar-refractivity contribution < 1.29 is 4.42 Å². The number of nitrogens with one attached hydrogen (secondary N) is 2. The number of furan rings is 1. The number of nitrogens with zero attached hydrogens (tertiary/aromatic N) is 2. The average molecular weight is 340 g/mol. The van der Waals surface area contributed by atoms with Crippen LogP contribution in [0.4, 0.5) is 0 Å². The molecule has 6 heteroatoms. The van der Waals surface area contributed by atoms with Crippen LogP contribution in [0.3, 0.4) is 0 Å². The van der Waals surface area contributed by atoms with Crippen LogP contribution < -0.4 is 5.32 Å². The Hall–Kier alpha value is -2.34. The highest BCUT2D eigenvalue weighted by atomic mass is 32.1. The number of para-hydroxylation sites is 2. The smallest absolute Gasteiger partial charge is 0.169 e. The molecule has 3 heterocycles. The highest BCUT2D eigenvalue weighted by Gasteiger charge is 2.25. The van der Waals surface area contributed by atoms with Crippen LogP contribution in [-0.4, -0.2) is 33.1 Å². The second-order valence-corrected chi connectivity index (χ2v) is 6.55. The molecule has 2 aromatic heterocycles. The van der Waals surface area contributed by atoms with Crippen LogP contribution in [0.15, 0.2) is 47.1 Å². The number of H-pyrrole nitrogens is 1. The summed E-state index contributed by atoms with van der Waals surface area (Å²) < 4.78 is 5.34. The molecule has 124 valence electrons. The van der Waals surface area contributed by atoms with Crippen molar-refractivity contribution in [1.82, 2.24) is 20.2 Å². The van der Waals surface area contributed by atoms with E-state index < -0.39 is 0 Å². The third-order valence-corrected chi connectivity index (χ3v) is 4.90. The summed E-state index contributed by atoms with van der Waals surface area (Å²) in [7, 11) is 0. The zero-order chi connectivity index (χ0) is 16.4. The van der Waals surface area contributed by atoms with Crippen molar-refractivity contribution in [3.8, 4) is 0 Å². The maximum absolute atomic E-state index is 5.56. The Morgan fingerprint density at radius 3 is 3.08 bits per heavy atom. The fourth-order valence-electron chi connectivity index (χ4n) is 3.24. The lowest BCUT2D eigenvalue weighted by Crippen LogP contribution is -2.44. The average Bonchev–Trinajstić information content (AvgIpc) is 3.29. The van der Waals surface area contributed by atoms with Gasteiger partial charge in [-0.05, 0) is 49.3 Å². The monoisotopic (exact) mass is 340 g/mol. The summed E-state index contributed by atoms with van der Waals surface area (Å²) in [5, 5.41) is 4.07. The third-order valence-electron chi connectivity index (χ3n) is 4.50. The molecular weight excluding hydrogens is 320 g/mol. The first kappa shape index (κ1) is 15.2. The van der Waals surface area contributed by atoms with Gasteiger partial charge in [0.25, 0.3) is 0 Å². The van der Waals surface area contributed by atoms with Gasteiger partial charge in [0.15, 0.2) is 5.11 Å². The molecule has 0 bridgehead atoms. The first-order valence-corrected chi connectivity index (χ1v) is 8.70. The van der Waals surface area contributed by atoms with Crippen molar-refractivity contribution >= 4 is 28.4 Å². The van der Waals surface area contributed by atoms with Gasteiger partial charge in [0.1, 0.15) is 11.6 Å². The largest absolute Gasteiger partial charge is 0.467 e. The fourth-order valence-corrected chi connectivity index (χ4v) is 3.48. The lowest BCUT2D eigenvalue weighted by Gasteiger charge is -2.33. The number of piperidine rings is 1. The molecule has 1 saturated heterocycles. The van der Waals surface area contributed by atoms with E-state index in [0.29, 0.717) is 12.5 Å². The molecule has 24 heavy (non-hydrogen) atoms. The summed E-state index contributed by atoms with van der Waals surface area (Å²) in [4.78, 5) is 10.5. The molecule has 1 aromatic carbocycles. The van der Waals surface area contributed by atoms with Crippen molar-refractivity contribution in [2.75, 3.05) is 13.1 Å². The quantitative estimate of drug-likeness (QED) is 0.716. The van der Waals surface area contributed by atoms with E-state index in [1.165, 1.54) is 0 Å². The van der Waals surface area contributed by atoms with Gasteiger partial charge in [-0.3, -0.25) is 0 Å². The number of hydrogen-bond acceptors (Lipinski definition) is 3. The highest BCUT2D eigenvalue weighted by molar-refractivity contribution is 7.80. The van der Waals surface area contributed by atoms with Crippen LogP contribution in [0.2, 0.25) is 0 Å². The van der Waals surface area contributed by atoms with E-state index in [4.69, 9.17) is 21.6 Å². The molecule has 1 aliphatic rings. The lowest BCUT2D eigenvalue weighted by molar-refractivity contribution is 0.299. The van der Waals surface area contributed by atoms with Gasteiger partial charge in [0.05, 0.1) is 23.8 Å². The second kappa shape index (κ2) is 6.65. The van der Waals surface area contributed by atoms with Crippen LogP contribution in [0.5, 0.6) is 0 Å². The first-order valence-electron chi connectivity index (χ1n) is 8.29. The fraction of sp³-hybridized carbons (Fsp3) is 0.333. The molecule has 1 fully saturated rings. The number of imidazole rings is 1. The Morgan fingerprint density at radius 1 is 1.33 bits per heavy atom. The van der Waals surface area contributed by atoms with E-state index in [1.54, 1.807) is 6.26 Å². The number of fused-ring (bicyclic) bond motifs is 1. The van der Waals surface area contributed by atoms with Gasteiger partial charge in [0.2, 0.25) is 0 Å². The molecule has 4 rings (SSSR count). The van der Waals surface area contributed by atoms with E-state index in [0.717, 1.165) is 53.7 Å². The zero-order valence-electron chi connectivity index (χ0n) is 13.4. The third kappa shape index (κ3) is 3.14. The molecule has 5 nitrogen and oxygen atoms in total. The predicted octanol–water partition coefficient (Wildman–Crippen LogP) is 3.41. The van der Waals surface area contributed by atoms with E-state index in [9.17, 15) is 0 Å². The van der Waals surface area contributed by atoms with Crippen molar-refractivity contribution in [3.05, 3.63) is 54.2 Å². The lowest BCUT2D eigenvalue weighted by atomic mass is 9.98. The minimum Gasteiger partial charge on any atom is -0.467 e. The molecule has 1 atom stereocenters. The number of benzene rings is 1. The van der Waals surface area contributed by atoms with Gasteiger partial charge >= 0.3 is 0 Å². The maximum atomic E-state index is 5.56. The van der Waals surface area contributed by atoms with Crippen LogP contribution in [-0.2, 0) is 6.54 Å². The van der Waals surface area contributed by atoms with Gasteiger partial charge in [-0.2, -0.15) is 0 Å². The summed E-state index contributed by atoms with van der Waals surface area (Å²) in [6.45, 7) is 2.50. The van der Waals surface area contributed by atoms with Crippen molar-refractivity contribution in [2.24, 2.45) is 0 Å². The van der Waals surface area contributed by atoms with Crippen LogP contribution in [0.1, 0.15) is 30.3 Å². The van der Waals surface area contributed by atoms with E-state index in [1.807, 2.05) is 30.3 Å². The Bertz CT molecular complexity index is 794. The van der Waals surface area contributed by atoms with Gasteiger partial charge in [-0.25, -0.2) is 4.98 Å². The van der Waals surface area contributed by atoms with Crippen molar-refractivity contribution in [3.63, 3.8) is 0 Å².